The van der Waals surface area contributed by atoms with Gasteiger partial charge in [-0.3, -0.25) is 4.79 Å². The van der Waals surface area contributed by atoms with Gasteiger partial charge in [0.25, 0.3) is 0 Å². The molecule has 0 saturated heterocycles. The summed E-state index contributed by atoms with van der Waals surface area (Å²) in [5.41, 5.74) is 0.421. The number of carbonyl (C=O) groups is 1. The second-order valence-corrected chi connectivity index (χ2v) is 6.46. The summed E-state index contributed by atoms with van der Waals surface area (Å²) in [7, 11) is 0. The maximum absolute atomic E-state index is 13.6. The van der Waals surface area contributed by atoms with Crippen molar-refractivity contribution in [1.82, 2.24) is 5.32 Å². The molecule has 0 aliphatic rings. The Morgan fingerprint density at radius 1 is 0.962 bits per heavy atom. The van der Waals surface area contributed by atoms with Crippen molar-refractivity contribution in [1.29, 1.82) is 0 Å². The molecule has 0 fully saturated rings. The van der Waals surface area contributed by atoms with Crippen LogP contribution in [0.2, 0.25) is 0 Å². The fraction of sp³-hybridized carbons (Fsp3) is 0.0500. The number of halogens is 3. The van der Waals surface area contributed by atoms with E-state index in [1.54, 1.807) is 12.1 Å². The van der Waals surface area contributed by atoms with E-state index in [2.05, 4.69) is 5.32 Å². The molecule has 1 amide bonds. The molecule has 1 heterocycles. The minimum atomic E-state index is -0.748. The molecule has 1 atom stereocenters. The molecule has 1 N–H and O–H groups in total. The molecule has 0 bridgehead atoms. The highest BCUT2D eigenvalue weighted by atomic mass is 32.1. The maximum atomic E-state index is 13.6. The Balaban J connectivity index is 1.82. The van der Waals surface area contributed by atoms with Crippen molar-refractivity contribution in [2.75, 3.05) is 0 Å². The van der Waals surface area contributed by atoms with Gasteiger partial charge in [0, 0.05) is 16.5 Å². The van der Waals surface area contributed by atoms with Gasteiger partial charge in [0.1, 0.15) is 17.5 Å². The van der Waals surface area contributed by atoms with Gasteiger partial charge in [-0.1, -0.05) is 24.3 Å². The van der Waals surface area contributed by atoms with E-state index in [1.807, 2.05) is 17.5 Å². The molecule has 1 aromatic heterocycles. The minimum absolute atomic E-state index is 0.280. The van der Waals surface area contributed by atoms with Crippen molar-refractivity contribution >= 4 is 23.3 Å². The van der Waals surface area contributed by atoms with Crippen molar-refractivity contribution in [2.24, 2.45) is 0 Å². The number of benzene rings is 2. The van der Waals surface area contributed by atoms with Crippen LogP contribution in [0.4, 0.5) is 13.2 Å². The lowest BCUT2D eigenvalue weighted by Crippen LogP contribution is -2.27. The molecule has 0 spiro atoms. The Bertz CT molecular complexity index is 900. The summed E-state index contributed by atoms with van der Waals surface area (Å²) < 4.78 is 40.4. The van der Waals surface area contributed by atoms with Gasteiger partial charge in [0.2, 0.25) is 5.91 Å². The van der Waals surface area contributed by atoms with Crippen LogP contribution in [0.15, 0.2) is 66.1 Å². The summed E-state index contributed by atoms with van der Waals surface area (Å²) in [5.74, 6) is -2.39. The number of hydrogen-bond donors (Lipinski definition) is 1. The Morgan fingerprint density at radius 2 is 1.65 bits per heavy atom. The summed E-state index contributed by atoms with van der Waals surface area (Å²) in [6, 6.07) is 12.5. The van der Waals surface area contributed by atoms with Gasteiger partial charge in [0.05, 0.1) is 6.04 Å². The topological polar surface area (TPSA) is 29.1 Å². The molecule has 3 aromatic rings. The number of hydrogen-bond acceptors (Lipinski definition) is 2. The lowest BCUT2D eigenvalue weighted by Gasteiger charge is -2.17. The van der Waals surface area contributed by atoms with Crippen LogP contribution < -0.4 is 5.32 Å². The van der Waals surface area contributed by atoms with Crippen LogP contribution >= 0.6 is 11.3 Å². The smallest absolute Gasteiger partial charge is 0.244 e. The molecule has 0 saturated carbocycles. The van der Waals surface area contributed by atoms with Crippen LogP contribution in [-0.4, -0.2) is 5.91 Å². The van der Waals surface area contributed by atoms with Crippen LogP contribution in [-0.2, 0) is 4.79 Å². The predicted octanol–water partition coefficient (Wildman–Crippen LogP) is 5.08. The summed E-state index contributed by atoms with van der Waals surface area (Å²) in [5, 5.41) is 4.65. The lowest BCUT2D eigenvalue weighted by molar-refractivity contribution is -0.116. The van der Waals surface area contributed by atoms with E-state index >= 15 is 0 Å². The van der Waals surface area contributed by atoms with Crippen LogP contribution in [0.3, 0.4) is 0 Å². The van der Waals surface area contributed by atoms with Crippen molar-refractivity contribution in [2.45, 2.75) is 6.04 Å². The van der Waals surface area contributed by atoms with E-state index in [4.69, 9.17) is 0 Å². The highest BCUT2D eigenvalue weighted by molar-refractivity contribution is 7.10. The fourth-order valence-corrected chi connectivity index (χ4v) is 3.25. The first-order valence-electron chi connectivity index (χ1n) is 7.76. The first-order valence-corrected chi connectivity index (χ1v) is 8.64. The van der Waals surface area contributed by atoms with E-state index in [0.717, 1.165) is 29.2 Å². The maximum Gasteiger partial charge on any atom is 0.244 e. The minimum Gasteiger partial charge on any atom is -0.341 e. The largest absolute Gasteiger partial charge is 0.341 e. The second kappa shape index (κ2) is 8.01. The third-order valence-electron chi connectivity index (χ3n) is 3.72. The zero-order valence-corrected chi connectivity index (χ0v) is 14.3. The number of nitrogens with one attached hydrogen (secondary N) is 1. The number of carbonyl (C=O) groups excluding carboxylic acids is 1. The Morgan fingerprint density at radius 3 is 2.27 bits per heavy atom. The van der Waals surface area contributed by atoms with E-state index in [9.17, 15) is 18.0 Å². The first-order chi connectivity index (χ1) is 12.5. The monoisotopic (exact) mass is 373 g/mol. The summed E-state index contributed by atoms with van der Waals surface area (Å²) in [6.45, 7) is 0. The Hall–Kier alpha value is -2.86. The van der Waals surface area contributed by atoms with Crippen LogP contribution in [0.25, 0.3) is 6.08 Å². The third kappa shape index (κ3) is 4.21. The van der Waals surface area contributed by atoms with Crippen molar-refractivity contribution < 1.29 is 18.0 Å². The highest BCUT2D eigenvalue weighted by Gasteiger charge is 2.17. The fourth-order valence-electron chi connectivity index (χ4n) is 2.45. The molecule has 132 valence electrons. The zero-order valence-electron chi connectivity index (χ0n) is 13.5. The van der Waals surface area contributed by atoms with Gasteiger partial charge in [-0.15, -0.1) is 11.3 Å². The summed E-state index contributed by atoms with van der Waals surface area (Å²) in [6.07, 6.45) is 2.17. The van der Waals surface area contributed by atoms with Crippen LogP contribution in [0.5, 0.6) is 0 Å². The van der Waals surface area contributed by atoms with E-state index in [-0.39, 0.29) is 11.4 Å². The van der Waals surface area contributed by atoms with Crippen molar-refractivity contribution in [3.63, 3.8) is 0 Å². The zero-order chi connectivity index (χ0) is 18.5. The normalized spacial score (nSPS) is 12.3. The first kappa shape index (κ1) is 17.9. The Labute approximate surface area is 152 Å². The molecular weight excluding hydrogens is 359 g/mol. The molecule has 1 unspecified atom stereocenters. The van der Waals surface area contributed by atoms with Crippen LogP contribution in [0, 0.1) is 17.5 Å². The molecule has 3 rings (SSSR count). The average molecular weight is 373 g/mol. The average Bonchev–Trinajstić information content (AvgIpc) is 3.14. The number of thiophene rings is 1. The van der Waals surface area contributed by atoms with E-state index in [1.165, 1.54) is 29.5 Å². The number of amides is 1. The van der Waals surface area contributed by atoms with Gasteiger partial charge in [-0.2, -0.15) is 0 Å². The molecule has 6 heteroatoms. The van der Waals surface area contributed by atoms with Gasteiger partial charge in [-0.05, 0) is 47.4 Å². The molecule has 0 radical (unpaired) electrons. The predicted molar refractivity (Wildman–Crippen MR) is 96.1 cm³/mol. The molecule has 26 heavy (non-hydrogen) atoms. The molecule has 0 aliphatic heterocycles. The number of rotatable bonds is 5. The summed E-state index contributed by atoms with van der Waals surface area (Å²) >= 11 is 1.44. The standard InChI is InChI=1S/C20H14F3NOS/c21-14-8-6-13(7-9-14)20(18-5-2-12-26-18)24-19(25)11-10-15-16(22)3-1-4-17(15)23/h1-12,20H,(H,24,25)/b11-10+. The van der Waals surface area contributed by atoms with Gasteiger partial charge in [0.15, 0.2) is 0 Å². The van der Waals surface area contributed by atoms with E-state index in [0.29, 0.717) is 5.56 Å². The van der Waals surface area contributed by atoms with Crippen molar-refractivity contribution in [3.8, 4) is 0 Å². The molecular formula is C20H14F3NOS. The van der Waals surface area contributed by atoms with E-state index < -0.39 is 23.6 Å². The SMILES string of the molecule is O=C(/C=C/c1c(F)cccc1F)NC(c1ccc(F)cc1)c1cccs1. The quantitative estimate of drug-likeness (QED) is 0.621. The highest BCUT2D eigenvalue weighted by Crippen LogP contribution is 2.26. The lowest BCUT2D eigenvalue weighted by atomic mass is 10.1. The van der Waals surface area contributed by atoms with Crippen LogP contribution in [0.1, 0.15) is 22.0 Å². The molecule has 2 aromatic carbocycles. The van der Waals surface area contributed by atoms with Gasteiger partial charge < -0.3 is 5.32 Å². The summed E-state index contributed by atoms with van der Waals surface area (Å²) in [4.78, 5) is 13.1. The molecule has 0 aliphatic carbocycles. The third-order valence-corrected chi connectivity index (χ3v) is 4.66. The molecule has 2 nitrogen and oxygen atoms in total. The van der Waals surface area contributed by atoms with Gasteiger partial charge >= 0.3 is 0 Å². The second-order valence-electron chi connectivity index (χ2n) is 5.48. The Kier molecular flexibility index (Phi) is 5.53. The van der Waals surface area contributed by atoms with Crippen molar-refractivity contribution in [3.05, 3.63) is 99.5 Å². The van der Waals surface area contributed by atoms with Gasteiger partial charge in [-0.25, -0.2) is 13.2 Å².